The molecule has 1 N–H and O–H groups in total. The third kappa shape index (κ3) is 6.27. The summed E-state index contributed by atoms with van der Waals surface area (Å²) < 4.78 is 6.18. The fraction of sp³-hybridized carbons (Fsp3) is 0.745. The number of Topliss-reactive ketones (excluding diaryl/α,β-unsaturated/α-hetero) is 2. The van der Waals surface area contributed by atoms with Crippen LogP contribution in [0.4, 0.5) is 0 Å². The lowest BCUT2D eigenvalue weighted by molar-refractivity contribution is -0.232. The summed E-state index contributed by atoms with van der Waals surface area (Å²) in [6.07, 6.45) is 15.5. The van der Waals surface area contributed by atoms with Crippen molar-refractivity contribution < 1.29 is 29.0 Å². The molecular weight excluding hydrogens is 724 g/mol. The van der Waals surface area contributed by atoms with Crippen LogP contribution in [0.2, 0.25) is 5.02 Å². The number of carboxylic acid groups (broad SMARTS) is 1. The van der Waals surface area contributed by atoms with Crippen molar-refractivity contribution in [2.24, 2.45) is 56.2 Å². The molecule has 9 heteroatoms. The Morgan fingerprint density at radius 1 is 0.929 bits per heavy atom. The Morgan fingerprint density at radius 2 is 1.59 bits per heavy atom. The molecule has 1 heterocycles. The molecule has 0 saturated heterocycles. The lowest BCUT2D eigenvalue weighted by atomic mass is 9.33. The average Bonchev–Trinajstić information content (AvgIpc) is 3.81. The van der Waals surface area contributed by atoms with Gasteiger partial charge in [-0.2, -0.15) is 0 Å². The Balaban J connectivity index is 1.16. The van der Waals surface area contributed by atoms with Crippen LogP contribution in [0.15, 0.2) is 35.2 Å². The van der Waals surface area contributed by atoms with Gasteiger partial charge in [0.2, 0.25) is 0 Å². The summed E-state index contributed by atoms with van der Waals surface area (Å²) in [6.45, 7) is 21.6. The summed E-state index contributed by atoms with van der Waals surface area (Å²) in [7, 11) is 0. The van der Waals surface area contributed by atoms with Crippen LogP contribution >= 0.6 is 11.6 Å². The minimum Gasteiger partial charge on any atom is -0.481 e. The molecular formula is C47H65ClN2O6. The lowest BCUT2D eigenvalue weighted by Gasteiger charge is -2.72. The molecule has 0 aliphatic heterocycles. The zero-order chi connectivity index (χ0) is 41.0. The third-order valence-corrected chi connectivity index (χ3v) is 17.4. The van der Waals surface area contributed by atoms with Gasteiger partial charge in [-0.05, 0) is 142 Å². The quantitative estimate of drug-likeness (QED) is 0.184. The van der Waals surface area contributed by atoms with Gasteiger partial charge in [-0.15, -0.1) is 0 Å². The predicted molar refractivity (Wildman–Crippen MR) is 217 cm³/mol. The molecule has 0 amide bonds. The number of allylic oxidation sites excluding steroid dienone is 4. The largest absolute Gasteiger partial charge is 0.481 e. The van der Waals surface area contributed by atoms with E-state index >= 15 is 0 Å². The maximum absolute atomic E-state index is 14.2. The number of hydrogen-bond acceptors (Lipinski definition) is 7. The van der Waals surface area contributed by atoms with E-state index < -0.39 is 22.8 Å². The van der Waals surface area contributed by atoms with E-state index in [9.17, 15) is 24.3 Å². The summed E-state index contributed by atoms with van der Waals surface area (Å²) in [4.78, 5) is 62.2. The number of ketones is 2. The standard InChI is InChI=1S/C47H65ClN2O6/c1-27(2)37-32(52)23-47(21-28(3)31(51)22-46(19-20-46)39-49-25-29(48)26-50-39)18-17-44(9)30(38(37)47)11-12-34-43(8)15-14-35(56-36(53)24-41(4,5)40(54)55)42(6,7)33(43)13-16-45(34,44)10/h21,25-27,30,33-35H,11-20,22-24H2,1-10H3,(H,54,55)/b28-21+/t30-,33+,34-,35+,43+,44-,45-,47-/m1/s1. The number of carboxylic acids is 1. The van der Waals surface area contributed by atoms with E-state index in [0.717, 1.165) is 75.4 Å². The second-order valence-corrected chi connectivity index (χ2v) is 21.9. The number of ether oxygens (including phenoxy) is 1. The second kappa shape index (κ2) is 13.6. The highest BCUT2D eigenvalue weighted by atomic mass is 35.5. The van der Waals surface area contributed by atoms with Gasteiger partial charge in [0.05, 0.1) is 16.9 Å². The van der Waals surface area contributed by atoms with Gasteiger partial charge in [0.15, 0.2) is 11.6 Å². The summed E-state index contributed by atoms with van der Waals surface area (Å²) in [5.41, 5.74) is 1.00. The van der Waals surface area contributed by atoms with Crippen molar-refractivity contribution in [2.45, 2.75) is 164 Å². The highest BCUT2D eigenvalue weighted by Crippen LogP contribution is 2.77. The predicted octanol–water partition coefficient (Wildman–Crippen LogP) is 10.5. The van der Waals surface area contributed by atoms with E-state index in [-0.39, 0.29) is 63.0 Å². The summed E-state index contributed by atoms with van der Waals surface area (Å²) in [5, 5.41) is 10.1. The summed E-state index contributed by atoms with van der Waals surface area (Å²) >= 11 is 6.08. The van der Waals surface area contributed by atoms with E-state index in [1.54, 1.807) is 26.2 Å². The molecule has 8 nitrogen and oxygen atoms in total. The van der Waals surface area contributed by atoms with Crippen molar-refractivity contribution >= 4 is 35.1 Å². The van der Waals surface area contributed by atoms with Gasteiger partial charge in [-0.3, -0.25) is 19.2 Å². The molecule has 56 heavy (non-hydrogen) atoms. The molecule has 0 spiro atoms. The third-order valence-electron chi connectivity index (χ3n) is 17.2. The van der Waals surface area contributed by atoms with Gasteiger partial charge < -0.3 is 9.84 Å². The van der Waals surface area contributed by atoms with Crippen LogP contribution in [0, 0.1) is 56.2 Å². The molecule has 1 aromatic heterocycles. The smallest absolute Gasteiger partial charge is 0.309 e. The fourth-order valence-corrected chi connectivity index (χ4v) is 13.9. The van der Waals surface area contributed by atoms with Crippen LogP contribution in [0.5, 0.6) is 0 Å². The monoisotopic (exact) mass is 788 g/mol. The zero-order valence-corrected chi connectivity index (χ0v) is 36.3. The van der Waals surface area contributed by atoms with E-state index in [0.29, 0.717) is 35.5 Å². The Labute approximate surface area is 339 Å². The van der Waals surface area contributed by atoms with E-state index in [4.69, 9.17) is 16.3 Å². The van der Waals surface area contributed by atoms with Crippen molar-refractivity contribution in [1.82, 2.24) is 9.97 Å². The SMILES string of the molecule is C/C(=C\[C@@]12CC[C@]3(C)[C@H](CC[C@@H]4[C@@]5(C)CC[C@H](OC(=O)CC(C)(C)C(=O)O)C(C)(C)[C@@H]5CC[C@]43C)C1=C(C(C)C)C(=O)C2)C(=O)CC1(c2ncc(Cl)cn2)CC1. The normalized spacial score (nSPS) is 37.3. The van der Waals surface area contributed by atoms with E-state index in [1.165, 1.54) is 5.57 Å². The van der Waals surface area contributed by atoms with Gasteiger partial charge in [-0.25, -0.2) is 9.97 Å². The van der Waals surface area contributed by atoms with Crippen molar-refractivity contribution in [3.8, 4) is 0 Å². The molecule has 0 unspecified atom stereocenters. The first-order valence-electron chi connectivity index (χ1n) is 21.4. The van der Waals surface area contributed by atoms with E-state index in [2.05, 4.69) is 64.5 Å². The molecule has 6 aliphatic carbocycles. The first-order chi connectivity index (χ1) is 26.0. The van der Waals surface area contributed by atoms with Crippen LogP contribution in [0.25, 0.3) is 0 Å². The van der Waals surface area contributed by atoms with Crippen molar-refractivity contribution in [1.29, 1.82) is 0 Å². The number of fused-ring (bicyclic) bond motifs is 7. The van der Waals surface area contributed by atoms with Crippen molar-refractivity contribution in [3.05, 3.63) is 46.0 Å². The van der Waals surface area contributed by atoms with Gasteiger partial charge >= 0.3 is 11.9 Å². The van der Waals surface area contributed by atoms with Crippen molar-refractivity contribution in [2.75, 3.05) is 0 Å². The number of aliphatic carboxylic acids is 1. The topological polar surface area (TPSA) is 124 Å². The minimum atomic E-state index is -1.17. The maximum Gasteiger partial charge on any atom is 0.309 e. The first kappa shape index (κ1) is 41.3. The number of esters is 1. The molecule has 7 rings (SSSR count). The van der Waals surface area contributed by atoms with Crippen LogP contribution in [0.1, 0.15) is 159 Å². The number of carbonyl (C=O) groups is 4. The Bertz CT molecular complexity index is 1890. The average molecular weight is 789 g/mol. The highest BCUT2D eigenvalue weighted by Gasteiger charge is 2.70. The molecule has 5 fully saturated rings. The van der Waals surface area contributed by atoms with Gasteiger partial charge in [0.25, 0.3) is 0 Å². The summed E-state index contributed by atoms with van der Waals surface area (Å²) in [6, 6.07) is 0. The second-order valence-electron chi connectivity index (χ2n) is 21.5. The number of nitrogens with zero attached hydrogens (tertiary/aromatic N) is 2. The fourth-order valence-electron chi connectivity index (χ4n) is 13.8. The number of aromatic nitrogens is 2. The number of carbonyl (C=O) groups excluding carboxylic acids is 3. The zero-order valence-electron chi connectivity index (χ0n) is 35.6. The Hall–Kier alpha value is -2.87. The summed E-state index contributed by atoms with van der Waals surface area (Å²) in [5.74, 6) is 0.865. The van der Waals surface area contributed by atoms with E-state index in [1.807, 2.05) is 6.92 Å². The highest BCUT2D eigenvalue weighted by molar-refractivity contribution is 6.30. The molecule has 0 aromatic carbocycles. The molecule has 5 saturated carbocycles. The number of rotatable bonds is 10. The van der Waals surface area contributed by atoms with Gasteiger partial charge in [0.1, 0.15) is 11.9 Å². The first-order valence-corrected chi connectivity index (χ1v) is 21.8. The van der Waals surface area contributed by atoms with Crippen LogP contribution in [0.3, 0.4) is 0 Å². The van der Waals surface area contributed by atoms with Crippen molar-refractivity contribution in [3.63, 3.8) is 0 Å². The molecule has 0 radical (unpaired) electrons. The number of halogens is 1. The van der Waals surface area contributed by atoms with Gasteiger partial charge in [0, 0.05) is 41.5 Å². The molecule has 6 aliphatic rings. The minimum absolute atomic E-state index is 0.0148. The van der Waals surface area contributed by atoms with Crippen LogP contribution < -0.4 is 0 Å². The van der Waals surface area contributed by atoms with Crippen LogP contribution in [-0.2, 0) is 29.3 Å². The molecule has 1 aromatic rings. The van der Waals surface area contributed by atoms with Crippen LogP contribution in [-0.4, -0.2) is 44.7 Å². The molecule has 8 atom stereocenters. The lowest BCUT2D eigenvalue weighted by Crippen LogP contribution is -2.65. The Morgan fingerprint density at radius 3 is 2.20 bits per heavy atom. The maximum atomic E-state index is 14.2. The number of hydrogen-bond donors (Lipinski definition) is 1. The molecule has 306 valence electrons. The Kier molecular flexibility index (Phi) is 10.0. The van der Waals surface area contributed by atoms with Gasteiger partial charge in [-0.1, -0.05) is 66.1 Å². The molecule has 0 bridgehead atoms.